The molecule has 0 radical (unpaired) electrons. The maximum atomic E-state index is 12.2. The van der Waals surface area contributed by atoms with Gasteiger partial charge in [-0.1, -0.05) is 0 Å². The molecule has 0 aromatic heterocycles. The maximum Gasteiger partial charge on any atom is 0.388 e. The van der Waals surface area contributed by atoms with E-state index in [1.807, 2.05) is 18.8 Å². The van der Waals surface area contributed by atoms with Crippen LogP contribution in [0.25, 0.3) is 0 Å². The van der Waals surface area contributed by atoms with Crippen LogP contribution in [0.15, 0.2) is 0 Å². The van der Waals surface area contributed by atoms with Gasteiger partial charge in [-0.15, -0.1) is 10.3 Å². The van der Waals surface area contributed by atoms with E-state index in [9.17, 15) is 18.0 Å². The summed E-state index contributed by atoms with van der Waals surface area (Å²) in [6.07, 6.45) is 0.551. The van der Waals surface area contributed by atoms with E-state index < -0.39 is 36.4 Å². The molecule has 17 heavy (non-hydrogen) atoms. The van der Waals surface area contributed by atoms with Crippen molar-refractivity contribution in [2.45, 2.75) is 44.3 Å². The fraction of sp³-hybridized carbons (Fsp3) is 1.00. The normalized spacial score (nSPS) is 18.9. The first-order valence-electron chi connectivity index (χ1n) is 5.34. The van der Waals surface area contributed by atoms with Crippen LogP contribution >= 0.6 is 10.3 Å². The molecule has 0 heterocycles. The molecule has 0 aliphatic carbocycles. The van der Waals surface area contributed by atoms with Gasteiger partial charge in [0.2, 0.25) is 8.32 Å². The SMILES string of the molecule is CC(C)(OS(C)(C)C)[Si](C)(O)CCC(F)(F)F. The molecule has 0 bridgehead atoms. The summed E-state index contributed by atoms with van der Waals surface area (Å²) in [5.74, 6) is 0. The minimum atomic E-state index is -4.22. The summed E-state index contributed by atoms with van der Waals surface area (Å²) in [4.78, 5) is 10.3. The van der Waals surface area contributed by atoms with Gasteiger partial charge in [0.05, 0.1) is 5.22 Å². The van der Waals surface area contributed by atoms with E-state index in [0.29, 0.717) is 0 Å². The Hall–Kier alpha value is 0.277. The Morgan fingerprint density at radius 2 is 1.59 bits per heavy atom. The molecular formula is C10H23F3O2SSi. The topological polar surface area (TPSA) is 29.5 Å². The average molecular weight is 292 g/mol. The van der Waals surface area contributed by atoms with Gasteiger partial charge in [-0.05, 0) is 45.2 Å². The van der Waals surface area contributed by atoms with E-state index in [0.717, 1.165) is 0 Å². The van der Waals surface area contributed by atoms with Crippen molar-refractivity contribution in [1.82, 2.24) is 0 Å². The van der Waals surface area contributed by atoms with Crippen molar-refractivity contribution in [2.75, 3.05) is 18.8 Å². The molecule has 0 aliphatic rings. The quantitative estimate of drug-likeness (QED) is 0.786. The fourth-order valence-corrected chi connectivity index (χ4v) is 5.49. The van der Waals surface area contributed by atoms with E-state index in [4.69, 9.17) is 4.18 Å². The van der Waals surface area contributed by atoms with Crippen LogP contribution in [0.2, 0.25) is 12.6 Å². The third-order valence-electron chi connectivity index (χ3n) is 2.65. The predicted molar refractivity (Wildman–Crippen MR) is 69.8 cm³/mol. The first-order valence-corrected chi connectivity index (χ1v) is 10.8. The zero-order chi connectivity index (χ0) is 14.1. The summed E-state index contributed by atoms with van der Waals surface area (Å²) in [5.41, 5.74) is 0. The van der Waals surface area contributed by atoms with Gasteiger partial charge in [0.1, 0.15) is 0 Å². The van der Waals surface area contributed by atoms with Crippen molar-refractivity contribution in [3.8, 4) is 0 Å². The second-order valence-corrected chi connectivity index (χ2v) is 13.6. The van der Waals surface area contributed by atoms with Gasteiger partial charge in [-0.2, -0.15) is 13.2 Å². The molecule has 0 saturated heterocycles. The molecule has 0 spiro atoms. The molecule has 0 rings (SSSR count). The number of alkyl halides is 3. The maximum absolute atomic E-state index is 12.2. The summed E-state index contributed by atoms with van der Waals surface area (Å²) >= 11 is 0. The highest BCUT2D eigenvalue weighted by Crippen LogP contribution is 2.45. The lowest BCUT2D eigenvalue weighted by molar-refractivity contribution is -0.131. The average Bonchev–Trinajstić information content (AvgIpc) is 1.94. The lowest BCUT2D eigenvalue weighted by Crippen LogP contribution is -2.55. The molecule has 0 aromatic carbocycles. The monoisotopic (exact) mass is 292 g/mol. The fourth-order valence-electron chi connectivity index (χ4n) is 1.40. The second-order valence-electron chi connectivity index (χ2n) is 5.71. The van der Waals surface area contributed by atoms with Crippen LogP contribution in [0.5, 0.6) is 0 Å². The minimum absolute atomic E-state index is 0.223. The third-order valence-corrected chi connectivity index (χ3v) is 7.63. The lowest BCUT2D eigenvalue weighted by Gasteiger charge is -2.44. The van der Waals surface area contributed by atoms with Gasteiger partial charge >= 0.3 is 6.18 Å². The van der Waals surface area contributed by atoms with Crippen molar-refractivity contribution < 1.29 is 22.2 Å². The summed E-state index contributed by atoms with van der Waals surface area (Å²) in [7, 11) is -4.40. The number of hydrogen-bond acceptors (Lipinski definition) is 2. The number of halogens is 3. The molecule has 0 aliphatic heterocycles. The first-order chi connectivity index (χ1) is 7.16. The zero-order valence-corrected chi connectivity index (χ0v) is 13.1. The largest absolute Gasteiger partial charge is 0.429 e. The Balaban J connectivity index is 4.67. The smallest absolute Gasteiger partial charge is 0.388 e. The molecule has 2 nitrogen and oxygen atoms in total. The minimum Gasteiger partial charge on any atom is -0.429 e. The van der Waals surface area contributed by atoms with Gasteiger partial charge in [0.15, 0.2) is 0 Å². The summed E-state index contributed by atoms with van der Waals surface area (Å²) in [6, 6.07) is -0.223. The molecule has 1 atom stereocenters. The molecule has 7 heteroatoms. The summed E-state index contributed by atoms with van der Waals surface area (Å²) in [6.45, 7) is 4.91. The molecule has 0 aromatic rings. The van der Waals surface area contributed by atoms with Gasteiger partial charge in [0.25, 0.3) is 0 Å². The Morgan fingerprint density at radius 3 is 1.88 bits per heavy atom. The van der Waals surface area contributed by atoms with Crippen LogP contribution in [0, 0.1) is 0 Å². The number of hydrogen-bond donors (Lipinski definition) is 1. The van der Waals surface area contributed by atoms with E-state index in [1.165, 1.54) is 6.55 Å². The van der Waals surface area contributed by atoms with Crippen LogP contribution in [0.3, 0.4) is 0 Å². The van der Waals surface area contributed by atoms with E-state index in [1.54, 1.807) is 13.8 Å². The lowest BCUT2D eigenvalue weighted by atomic mass is 10.5. The Labute approximate surface area is 104 Å². The van der Waals surface area contributed by atoms with Crippen molar-refractivity contribution in [1.29, 1.82) is 0 Å². The van der Waals surface area contributed by atoms with Gasteiger partial charge in [0, 0.05) is 6.42 Å². The summed E-state index contributed by atoms with van der Waals surface area (Å²) in [5, 5.41) is -0.869. The van der Waals surface area contributed by atoms with Crippen molar-refractivity contribution in [2.24, 2.45) is 0 Å². The van der Waals surface area contributed by atoms with Crippen LogP contribution < -0.4 is 0 Å². The standard InChI is InChI=1S/C10H23F3O2SSi/c1-9(2,15-16(3,4)5)17(6,14)8-7-10(11,12)13/h14H,7-8H2,1-6H3. The molecule has 1 unspecified atom stereocenters. The third kappa shape index (κ3) is 6.69. The molecule has 0 fully saturated rings. The van der Waals surface area contributed by atoms with Crippen LogP contribution in [0.1, 0.15) is 20.3 Å². The highest BCUT2D eigenvalue weighted by Gasteiger charge is 2.47. The second kappa shape index (κ2) is 5.11. The highest BCUT2D eigenvalue weighted by molar-refractivity contribution is 8.28. The molecule has 0 saturated carbocycles. The van der Waals surface area contributed by atoms with Crippen LogP contribution in [-0.4, -0.2) is 43.3 Å². The Bertz CT molecular complexity index is 259. The highest BCUT2D eigenvalue weighted by atomic mass is 32.3. The van der Waals surface area contributed by atoms with Crippen molar-refractivity contribution in [3.63, 3.8) is 0 Å². The van der Waals surface area contributed by atoms with Crippen molar-refractivity contribution >= 4 is 18.6 Å². The van der Waals surface area contributed by atoms with Crippen LogP contribution in [-0.2, 0) is 4.18 Å². The Kier molecular flexibility index (Phi) is 5.19. The Morgan fingerprint density at radius 1 is 1.18 bits per heavy atom. The van der Waals surface area contributed by atoms with Gasteiger partial charge in [-0.25, -0.2) is 0 Å². The predicted octanol–water partition coefficient (Wildman–Crippen LogP) is 3.45. The van der Waals surface area contributed by atoms with Crippen molar-refractivity contribution in [3.05, 3.63) is 0 Å². The molecule has 1 N–H and O–H groups in total. The van der Waals surface area contributed by atoms with Gasteiger partial charge < -0.3 is 8.98 Å². The number of rotatable bonds is 5. The molecule has 0 amide bonds. The first kappa shape index (κ1) is 17.3. The van der Waals surface area contributed by atoms with E-state index in [-0.39, 0.29) is 6.04 Å². The van der Waals surface area contributed by atoms with Gasteiger partial charge in [-0.3, -0.25) is 0 Å². The van der Waals surface area contributed by atoms with E-state index >= 15 is 0 Å². The zero-order valence-electron chi connectivity index (χ0n) is 11.3. The molecule has 106 valence electrons. The summed E-state index contributed by atoms with van der Waals surface area (Å²) < 4.78 is 42.3. The molecular weight excluding hydrogens is 269 g/mol. The van der Waals surface area contributed by atoms with E-state index in [2.05, 4.69) is 0 Å². The van der Waals surface area contributed by atoms with Crippen LogP contribution in [0.4, 0.5) is 13.2 Å².